The minimum Gasteiger partial charge on any atom is -0.386 e. The zero-order chi connectivity index (χ0) is 20.4. The summed E-state index contributed by atoms with van der Waals surface area (Å²) in [7, 11) is 0. The van der Waals surface area contributed by atoms with Gasteiger partial charge < -0.3 is 10.8 Å². The minimum atomic E-state index is -0.755. The summed E-state index contributed by atoms with van der Waals surface area (Å²) in [5.41, 5.74) is 8.24. The summed E-state index contributed by atoms with van der Waals surface area (Å²) in [6.45, 7) is 0.194. The number of hydrogen-bond acceptors (Lipinski definition) is 6. The van der Waals surface area contributed by atoms with Gasteiger partial charge in [-0.15, -0.1) is 10.2 Å². The van der Waals surface area contributed by atoms with Crippen LogP contribution in [0, 0.1) is 5.82 Å². The first-order valence-electron chi connectivity index (χ1n) is 8.88. The average Bonchev–Trinajstić information content (AvgIpc) is 3.32. The van der Waals surface area contributed by atoms with Crippen LogP contribution in [0.15, 0.2) is 66.0 Å². The van der Waals surface area contributed by atoms with Crippen LogP contribution in [0.25, 0.3) is 17.1 Å². The van der Waals surface area contributed by atoms with E-state index in [1.807, 2.05) is 36.6 Å². The highest BCUT2D eigenvalue weighted by molar-refractivity contribution is 7.98. The van der Waals surface area contributed by atoms with E-state index in [1.54, 1.807) is 22.9 Å². The molecule has 148 valence electrons. The molecule has 0 saturated heterocycles. The Kier molecular flexibility index (Phi) is 5.32. The SMILES string of the molecule is CSc1nnc(-c2cnn(CC(O)c3ccccc3)c2N)n1-c1cccc(F)c1. The molecule has 3 N–H and O–H groups in total. The van der Waals surface area contributed by atoms with E-state index in [0.717, 1.165) is 5.56 Å². The van der Waals surface area contributed by atoms with Gasteiger partial charge in [0, 0.05) is 0 Å². The van der Waals surface area contributed by atoms with Crippen molar-refractivity contribution >= 4 is 17.6 Å². The quantitative estimate of drug-likeness (QED) is 0.474. The second kappa shape index (κ2) is 8.06. The molecule has 0 radical (unpaired) electrons. The number of hydrogen-bond donors (Lipinski definition) is 2. The Labute approximate surface area is 171 Å². The normalized spacial score (nSPS) is 12.2. The van der Waals surface area contributed by atoms with Gasteiger partial charge >= 0.3 is 0 Å². The van der Waals surface area contributed by atoms with Crippen molar-refractivity contribution in [2.45, 2.75) is 17.8 Å². The second-order valence-corrected chi connectivity index (χ2v) is 7.15. The summed E-state index contributed by atoms with van der Waals surface area (Å²) >= 11 is 1.39. The third kappa shape index (κ3) is 3.74. The number of nitrogens with two attached hydrogens (primary N) is 1. The fourth-order valence-corrected chi connectivity index (χ4v) is 3.58. The lowest BCUT2D eigenvalue weighted by Crippen LogP contribution is -2.12. The number of rotatable bonds is 6. The van der Waals surface area contributed by atoms with Crippen molar-refractivity contribution in [3.8, 4) is 17.1 Å². The number of nitrogens with zero attached hydrogens (tertiary/aromatic N) is 5. The van der Waals surface area contributed by atoms with Gasteiger partial charge in [0.05, 0.1) is 30.1 Å². The molecule has 9 heteroatoms. The molecule has 0 amide bonds. The minimum absolute atomic E-state index is 0.194. The van der Waals surface area contributed by atoms with Crippen LogP contribution in [0.2, 0.25) is 0 Å². The number of aromatic nitrogens is 5. The number of thioether (sulfide) groups is 1. The van der Waals surface area contributed by atoms with Gasteiger partial charge in [0.1, 0.15) is 11.6 Å². The predicted molar refractivity (Wildman–Crippen MR) is 110 cm³/mol. The number of anilines is 1. The van der Waals surface area contributed by atoms with Crippen LogP contribution in [-0.4, -0.2) is 35.9 Å². The van der Waals surface area contributed by atoms with E-state index in [4.69, 9.17) is 5.73 Å². The third-order valence-corrected chi connectivity index (χ3v) is 5.16. The van der Waals surface area contributed by atoms with Crippen molar-refractivity contribution in [3.63, 3.8) is 0 Å². The van der Waals surface area contributed by atoms with Crippen molar-refractivity contribution in [1.29, 1.82) is 0 Å². The first kappa shape index (κ1) is 19.2. The second-order valence-electron chi connectivity index (χ2n) is 6.38. The van der Waals surface area contributed by atoms with Crippen LogP contribution in [0.4, 0.5) is 10.2 Å². The first-order valence-corrected chi connectivity index (χ1v) is 10.1. The van der Waals surface area contributed by atoms with E-state index in [1.165, 1.54) is 28.6 Å². The number of aliphatic hydroxyl groups is 1. The summed E-state index contributed by atoms with van der Waals surface area (Å²) in [5.74, 6) is 0.444. The van der Waals surface area contributed by atoms with Crippen molar-refractivity contribution in [2.24, 2.45) is 0 Å². The lowest BCUT2D eigenvalue weighted by molar-refractivity contribution is 0.152. The Morgan fingerprint density at radius 2 is 1.93 bits per heavy atom. The Bertz CT molecular complexity index is 1130. The summed E-state index contributed by atoms with van der Waals surface area (Å²) in [6.07, 6.45) is 2.69. The van der Waals surface area contributed by atoms with E-state index < -0.39 is 6.10 Å². The molecule has 0 aliphatic heterocycles. The maximum Gasteiger partial charge on any atom is 0.195 e. The first-order chi connectivity index (χ1) is 14.1. The van der Waals surface area contributed by atoms with Gasteiger partial charge in [-0.05, 0) is 30.0 Å². The van der Waals surface area contributed by atoms with Gasteiger partial charge in [0.25, 0.3) is 0 Å². The Morgan fingerprint density at radius 3 is 2.66 bits per heavy atom. The monoisotopic (exact) mass is 410 g/mol. The molecule has 0 bridgehead atoms. The molecule has 1 unspecified atom stereocenters. The maximum absolute atomic E-state index is 13.8. The standard InChI is InChI=1S/C20H19FN6OS/c1-29-20-25-24-19(27(20)15-9-5-8-14(21)10-15)16-11-23-26(18(16)22)12-17(28)13-6-3-2-4-7-13/h2-11,17,28H,12,22H2,1H3. The highest BCUT2D eigenvalue weighted by atomic mass is 32.2. The lowest BCUT2D eigenvalue weighted by Gasteiger charge is -2.13. The number of nitrogen functional groups attached to an aromatic ring is 1. The topological polar surface area (TPSA) is 94.8 Å². The Balaban J connectivity index is 1.71. The van der Waals surface area contributed by atoms with Crippen molar-refractivity contribution in [3.05, 3.63) is 72.2 Å². The van der Waals surface area contributed by atoms with E-state index in [2.05, 4.69) is 15.3 Å². The van der Waals surface area contributed by atoms with Crippen LogP contribution in [-0.2, 0) is 6.54 Å². The molecular weight excluding hydrogens is 391 g/mol. The fourth-order valence-electron chi connectivity index (χ4n) is 3.08. The summed E-state index contributed by atoms with van der Waals surface area (Å²) in [5, 5.41) is 23.8. The van der Waals surface area contributed by atoms with E-state index in [0.29, 0.717) is 28.0 Å². The van der Waals surface area contributed by atoms with Crippen molar-refractivity contribution < 1.29 is 9.50 Å². The van der Waals surface area contributed by atoms with Gasteiger partial charge in [-0.1, -0.05) is 48.2 Å². The molecule has 0 saturated carbocycles. The summed E-state index contributed by atoms with van der Waals surface area (Å²) in [6, 6.07) is 15.5. The number of halogens is 1. The zero-order valence-electron chi connectivity index (χ0n) is 15.6. The van der Waals surface area contributed by atoms with Gasteiger partial charge in [-0.2, -0.15) is 5.10 Å². The van der Waals surface area contributed by atoms with Crippen LogP contribution in [0.5, 0.6) is 0 Å². The highest BCUT2D eigenvalue weighted by Crippen LogP contribution is 2.31. The maximum atomic E-state index is 13.8. The molecule has 0 spiro atoms. The van der Waals surface area contributed by atoms with Gasteiger partial charge in [0.15, 0.2) is 11.0 Å². The summed E-state index contributed by atoms with van der Waals surface area (Å²) in [4.78, 5) is 0. The molecule has 29 heavy (non-hydrogen) atoms. The average molecular weight is 410 g/mol. The fraction of sp³-hybridized carbons (Fsp3) is 0.150. The zero-order valence-corrected chi connectivity index (χ0v) is 16.4. The molecule has 4 rings (SSSR count). The molecule has 0 fully saturated rings. The molecule has 2 aromatic carbocycles. The van der Waals surface area contributed by atoms with E-state index >= 15 is 0 Å². The molecule has 2 aromatic heterocycles. The highest BCUT2D eigenvalue weighted by Gasteiger charge is 2.21. The Hall–Kier alpha value is -3.17. The lowest BCUT2D eigenvalue weighted by atomic mass is 10.1. The molecule has 4 aromatic rings. The van der Waals surface area contributed by atoms with Gasteiger partial charge in [-0.3, -0.25) is 4.57 Å². The molecule has 7 nitrogen and oxygen atoms in total. The van der Waals surface area contributed by atoms with Crippen LogP contribution in [0.3, 0.4) is 0 Å². The smallest absolute Gasteiger partial charge is 0.195 e. The molecular formula is C20H19FN6OS. The van der Waals surface area contributed by atoms with Crippen LogP contribution < -0.4 is 5.73 Å². The van der Waals surface area contributed by atoms with E-state index in [9.17, 15) is 9.50 Å². The number of aliphatic hydroxyl groups excluding tert-OH is 1. The van der Waals surface area contributed by atoms with Crippen molar-refractivity contribution in [1.82, 2.24) is 24.5 Å². The molecule has 0 aliphatic rings. The van der Waals surface area contributed by atoms with Crippen molar-refractivity contribution in [2.75, 3.05) is 12.0 Å². The molecule has 2 heterocycles. The Morgan fingerprint density at radius 1 is 1.14 bits per heavy atom. The van der Waals surface area contributed by atoms with Crippen LogP contribution in [0.1, 0.15) is 11.7 Å². The number of benzene rings is 2. The predicted octanol–water partition coefficient (Wildman–Crippen LogP) is 3.31. The third-order valence-electron chi connectivity index (χ3n) is 4.53. The van der Waals surface area contributed by atoms with Gasteiger partial charge in [-0.25, -0.2) is 9.07 Å². The molecule has 0 aliphatic carbocycles. The van der Waals surface area contributed by atoms with Crippen LogP contribution >= 0.6 is 11.8 Å². The van der Waals surface area contributed by atoms with Gasteiger partial charge in [0.2, 0.25) is 0 Å². The van der Waals surface area contributed by atoms with E-state index in [-0.39, 0.29) is 12.4 Å². The molecule has 1 atom stereocenters. The largest absolute Gasteiger partial charge is 0.386 e. The summed E-state index contributed by atoms with van der Waals surface area (Å²) < 4.78 is 17.0.